The highest BCUT2D eigenvalue weighted by molar-refractivity contribution is 9.10. The van der Waals surface area contributed by atoms with E-state index in [9.17, 15) is 22.8 Å². The Labute approximate surface area is 156 Å². The van der Waals surface area contributed by atoms with Crippen molar-refractivity contribution in [1.82, 2.24) is 5.32 Å². The van der Waals surface area contributed by atoms with Crippen molar-refractivity contribution in [2.75, 3.05) is 7.11 Å². The monoisotopic (exact) mass is 429 g/mol. The molecule has 0 unspecified atom stereocenters. The number of ether oxygens (including phenoxy) is 1. The molecule has 2 aromatic carbocycles. The van der Waals surface area contributed by atoms with Gasteiger partial charge in [-0.1, -0.05) is 28.1 Å². The maximum atomic E-state index is 12.6. The Balaban J connectivity index is 2.13. The second-order valence-electron chi connectivity index (χ2n) is 5.45. The molecule has 0 saturated heterocycles. The molecule has 26 heavy (non-hydrogen) atoms. The molecule has 0 heterocycles. The van der Waals surface area contributed by atoms with Crippen LogP contribution in [0.1, 0.15) is 21.5 Å². The van der Waals surface area contributed by atoms with Gasteiger partial charge in [-0.3, -0.25) is 4.79 Å². The van der Waals surface area contributed by atoms with Gasteiger partial charge >= 0.3 is 12.1 Å². The predicted octanol–water partition coefficient (Wildman–Crippen LogP) is 3.98. The third-order valence-electron chi connectivity index (χ3n) is 3.62. The number of methoxy groups -OCH3 is 1. The van der Waals surface area contributed by atoms with Crippen LogP contribution in [-0.2, 0) is 22.1 Å². The third kappa shape index (κ3) is 5.32. The highest BCUT2D eigenvalue weighted by Crippen LogP contribution is 2.29. The molecule has 0 aliphatic rings. The standard InChI is InChI=1S/C18H15BrF3NO3/c1-26-17(25)15(10-11-2-8-14(19)9-3-11)23-16(24)12-4-6-13(7-5-12)18(20,21)22/h2-9,15H,10H2,1H3,(H,23,24)/t15-/m0/s1. The Hall–Kier alpha value is -2.35. The smallest absolute Gasteiger partial charge is 0.416 e. The minimum absolute atomic E-state index is 0.0164. The van der Waals surface area contributed by atoms with Crippen molar-refractivity contribution in [2.24, 2.45) is 0 Å². The van der Waals surface area contributed by atoms with Crippen molar-refractivity contribution in [3.05, 3.63) is 69.7 Å². The summed E-state index contributed by atoms with van der Waals surface area (Å²) in [5.41, 5.74) is -0.0486. The van der Waals surface area contributed by atoms with Crippen LogP contribution in [0.2, 0.25) is 0 Å². The highest BCUT2D eigenvalue weighted by atomic mass is 79.9. The molecule has 1 atom stereocenters. The van der Waals surface area contributed by atoms with E-state index in [1.165, 1.54) is 7.11 Å². The van der Waals surface area contributed by atoms with E-state index in [-0.39, 0.29) is 12.0 Å². The number of rotatable bonds is 5. The average molecular weight is 430 g/mol. The summed E-state index contributed by atoms with van der Waals surface area (Å²) in [6.07, 6.45) is -4.29. The van der Waals surface area contributed by atoms with Crippen molar-refractivity contribution >= 4 is 27.8 Å². The highest BCUT2D eigenvalue weighted by Gasteiger charge is 2.30. The van der Waals surface area contributed by atoms with Crippen LogP contribution in [0.3, 0.4) is 0 Å². The summed E-state index contributed by atoms with van der Waals surface area (Å²) in [5.74, 6) is -1.31. The lowest BCUT2D eigenvalue weighted by Crippen LogP contribution is -2.43. The van der Waals surface area contributed by atoms with E-state index in [2.05, 4.69) is 21.2 Å². The summed E-state index contributed by atoms with van der Waals surface area (Å²) in [7, 11) is 1.20. The van der Waals surface area contributed by atoms with E-state index in [0.29, 0.717) is 0 Å². The summed E-state index contributed by atoms with van der Waals surface area (Å²) in [4.78, 5) is 24.2. The van der Waals surface area contributed by atoms with Crippen molar-refractivity contribution in [1.29, 1.82) is 0 Å². The van der Waals surface area contributed by atoms with Gasteiger partial charge < -0.3 is 10.1 Å². The largest absolute Gasteiger partial charge is 0.467 e. The van der Waals surface area contributed by atoms with E-state index in [4.69, 9.17) is 4.74 Å². The number of alkyl halides is 3. The van der Waals surface area contributed by atoms with E-state index in [1.807, 2.05) is 0 Å². The molecule has 0 aliphatic heterocycles. The van der Waals surface area contributed by atoms with Gasteiger partial charge in [0.05, 0.1) is 12.7 Å². The zero-order valence-electron chi connectivity index (χ0n) is 13.6. The summed E-state index contributed by atoms with van der Waals surface area (Å²) >= 11 is 3.30. The van der Waals surface area contributed by atoms with E-state index in [1.54, 1.807) is 24.3 Å². The first kappa shape index (κ1) is 20.0. The van der Waals surface area contributed by atoms with Gasteiger partial charge in [0.25, 0.3) is 5.91 Å². The van der Waals surface area contributed by atoms with Crippen LogP contribution in [0.4, 0.5) is 13.2 Å². The topological polar surface area (TPSA) is 55.4 Å². The van der Waals surface area contributed by atoms with Gasteiger partial charge in [0.1, 0.15) is 6.04 Å². The molecular weight excluding hydrogens is 415 g/mol. The second-order valence-corrected chi connectivity index (χ2v) is 6.37. The molecule has 0 bridgehead atoms. The molecule has 8 heteroatoms. The van der Waals surface area contributed by atoms with E-state index >= 15 is 0 Å². The normalized spacial score (nSPS) is 12.3. The third-order valence-corrected chi connectivity index (χ3v) is 4.15. The van der Waals surface area contributed by atoms with Crippen LogP contribution >= 0.6 is 15.9 Å². The molecule has 1 amide bonds. The number of amides is 1. The summed E-state index contributed by atoms with van der Waals surface area (Å²) in [6.45, 7) is 0. The maximum absolute atomic E-state index is 12.6. The van der Waals surface area contributed by atoms with Crippen LogP contribution < -0.4 is 5.32 Å². The number of hydrogen-bond acceptors (Lipinski definition) is 3. The van der Waals surface area contributed by atoms with Crippen LogP contribution in [0.5, 0.6) is 0 Å². The van der Waals surface area contributed by atoms with Gasteiger partial charge in [-0.15, -0.1) is 0 Å². The first-order chi connectivity index (χ1) is 12.2. The number of esters is 1. The Morgan fingerprint density at radius 2 is 1.65 bits per heavy atom. The van der Waals surface area contributed by atoms with E-state index < -0.39 is 29.7 Å². The lowest BCUT2D eigenvalue weighted by Gasteiger charge is -2.17. The van der Waals surface area contributed by atoms with Crippen molar-refractivity contribution in [3.8, 4) is 0 Å². The molecule has 138 valence electrons. The molecule has 0 saturated carbocycles. The molecule has 1 N–H and O–H groups in total. The molecule has 2 rings (SSSR count). The van der Waals surface area contributed by atoms with Gasteiger partial charge in [0.15, 0.2) is 0 Å². The number of hydrogen-bond donors (Lipinski definition) is 1. The minimum atomic E-state index is -4.48. The summed E-state index contributed by atoms with van der Waals surface area (Å²) in [5, 5.41) is 2.50. The zero-order chi connectivity index (χ0) is 19.3. The van der Waals surface area contributed by atoms with Gasteiger partial charge in [-0.05, 0) is 42.0 Å². The van der Waals surface area contributed by atoms with Gasteiger partial charge in [0, 0.05) is 16.5 Å². The molecule has 0 spiro atoms. The van der Waals surface area contributed by atoms with Crippen LogP contribution in [0.15, 0.2) is 53.0 Å². The molecule has 0 fully saturated rings. The first-order valence-corrected chi connectivity index (χ1v) is 8.30. The lowest BCUT2D eigenvalue weighted by molar-refractivity contribution is -0.142. The first-order valence-electron chi connectivity index (χ1n) is 7.51. The van der Waals surface area contributed by atoms with Crippen LogP contribution in [0, 0.1) is 0 Å². The molecular formula is C18H15BrF3NO3. The quantitative estimate of drug-likeness (QED) is 0.731. The molecule has 0 radical (unpaired) electrons. The van der Waals surface area contributed by atoms with Gasteiger partial charge in [-0.2, -0.15) is 13.2 Å². The Morgan fingerprint density at radius 3 is 2.15 bits per heavy atom. The lowest BCUT2D eigenvalue weighted by atomic mass is 10.0. The Morgan fingerprint density at radius 1 is 1.08 bits per heavy atom. The Kier molecular flexibility index (Phi) is 6.42. The summed E-state index contributed by atoms with van der Waals surface area (Å²) in [6, 6.07) is 9.94. The predicted molar refractivity (Wildman–Crippen MR) is 92.6 cm³/mol. The fraction of sp³-hybridized carbons (Fsp3) is 0.222. The fourth-order valence-electron chi connectivity index (χ4n) is 2.24. The second kappa shape index (κ2) is 8.35. The van der Waals surface area contributed by atoms with Crippen molar-refractivity contribution in [3.63, 3.8) is 0 Å². The van der Waals surface area contributed by atoms with Crippen LogP contribution in [0.25, 0.3) is 0 Å². The SMILES string of the molecule is COC(=O)[C@H](Cc1ccc(Br)cc1)NC(=O)c1ccc(C(F)(F)F)cc1. The number of halogens is 4. The van der Waals surface area contributed by atoms with Crippen LogP contribution in [-0.4, -0.2) is 25.0 Å². The molecule has 0 aliphatic carbocycles. The number of nitrogens with one attached hydrogen (secondary N) is 1. The molecule has 2 aromatic rings. The van der Waals surface area contributed by atoms with Crippen molar-refractivity contribution in [2.45, 2.75) is 18.6 Å². The zero-order valence-corrected chi connectivity index (χ0v) is 15.2. The maximum Gasteiger partial charge on any atom is 0.416 e. The number of carbonyl (C=O) groups is 2. The Bertz CT molecular complexity index is 774. The summed E-state index contributed by atoms with van der Waals surface area (Å²) < 4.78 is 43.3. The van der Waals surface area contributed by atoms with Gasteiger partial charge in [0.2, 0.25) is 0 Å². The van der Waals surface area contributed by atoms with E-state index in [0.717, 1.165) is 34.3 Å². The molecule has 0 aromatic heterocycles. The van der Waals surface area contributed by atoms with Gasteiger partial charge in [-0.25, -0.2) is 4.79 Å². The molecule has 4 nitrogen and oxygen atoms in total. The number of carbonyl (C=O) groups excluding carboxylic acids is 2. The fourth-order valence-corrected chi connectivity index (χ4v) is 2.51. The number of benzene rings is 2. The van der Waals surface area contributed by atoms with Crippen molar-refractivity contribution < 1.29 is 27.5 Å². The average Bonchev–Trinajstić information content (AvgIpc) is 2.61. The minimum Gasteiger partial charge on any atom is -0.467 e.